The Morgan fingerprint density at radius 3 is 2.73 bits per heavy atom. The molecule has 0 radical (unpaired) electrons. The van der Waals surface area contributed by atoms with Gasteiger partial charge in [0, 0.05) is 25.5 Å². The summed E-state index contributed by atoms with van der Waals surface area (Å²) in [6, 6.07) is 6.71. The van der Waals surface area contributed by atoms with Crippen LogP contribution in [0.25, 0.3) is 0 Å². The van der Waals surface area contributed by atoms with E-state index in [-0.39, 0.29) is 12.7 Å². The highest BCUT2D eigenvalue weighted by Crippen LogP contribution is 2.42. The van der Waals surface area contributed by atoms with Gasteiger partial charge in [0.05, 0.1) is 19.3 Å². The van der Waals surface area contributed by atoms with E-state index in [1.165, 1.54) is 29.5 Å². The van der Waals surface area contributed by atoms with E-state index in [0.717, 1.165) is 31.3 Å². The van der Waals surface area contributed by atoms with Crippen molar-refractivity contribution in [3.05, 3.63) is 52.8 Å². The molecular weight excluding hydrogens is 326 g/mol. The van der Waals surface area contributed by atoms with E-state index in [0.29, 0.717) is 13.2 Å². The Balaban J connectivity index is 1.41. The number of aliphatic hydroxyl groups excluding tert-OH is 1. The van der Waals surface area contributed by atoms with E-state index in [9.17, 15) is 5.11 Å². The number of anilines is 1. The molecule has 1 aliphatic heterocycles. The SMILES string of the molecule is Cc1cccc(C2CC2)c1CCc1cnc(N2CCOC(CO)C2)nc1. The van der Waals surface area contributed by atoms with E-state index in [1.807, 2.05) is 12.4 Å². The van der Waals surface area contributed by atoms with Gasteiger partial charge >= 0.3 is 0 Å². The van der Waals surface area contributed by atoms with Crippen LogP contribution in [0.5, 0.6) is 0 Å². The normalized spacial score (nSPS) is 20.4. The van der Waals surface area contributed by atoms with Crippen molar-refractivity contribution in [3.8, 4) is 0 Å². The highest BCUT2D eigenvalue weighted by molar-refractivity contribution is 5.39. The Morgan fingerprint density at radius 1 is 1.19 bits per heavy atom. The molecule has 2 fully saturated rings. The average molecular weight is 353 g/mol. The van der Waals surface area contributed by atoms with Gasteiger partial charge < -0.3 is 14.7 Å². The van der Waals surface area contributed by atoms with Gasteiger partial charge in [-0.15, -0.1) is 0 Å². The van der Waals surface area contributed by atoms with Crippen LogP contribution < -0.4 is 4.90 Å². The zero-order chi connectivity index (χ0) is 17.9. The lowest BCUT2D eigenvalue weighted by atomic mass is 9.94. The van der Waals surface area contributed by atoms with Crippen LogP contribution in [-0.2, 0) is 17.6 Å². The second kappa shape index (κ2) is 7.72. The predicted molar refractivity (Wildman–Crippen MR) is 102 cm³/mol. The molecule has 1 aromatic carbocycles. The minimum Gasteiger partial charge on any atom is -0.394 e. The zero-order valence-corrected chi connectivity index (χ0v) is 15.4. The summed E-state index contributed by atoms with van der Waals surface area (Å²) in [5.41, 5.74) is 5.63. The Bertz CT molecular complexity index is 743. The summed E-state index contributed by atoms with van der Waals surface area (Å²) in [5, 5.41) is 9.27. The van der Waals surface area contributed by atoms with Gasteiger partial charge in [-0.05, 0) is 60.8 Å². The standard InChI is InChI=1S/C21H27N3O2/c1-15-3-2-4-20(17-6-7-17)19(15)8-5-16-11-22-21(23-12-16)24-9-10-26-18(13-24)14-25/h2-4,11-12,17-18,25H,5-10,13-14H2,1H3. The Hall–Kier alpha value is -1.98. The molecule has 0 spiro atoms. The van der Waals surface area contributed by atoms with Gasteiger partial charge in [0.25, 0.3) is 0 Å². The monoisotopic (exact) mass is 353 g/mol. The maximum absolute atomic E-state index is 9.27. The Labute approximate surface area is 155 Å². The van der Waals surface area contributed by atoms with E-state index in [2.05, 4.69) is 40.0 Å². The van der Waals surface area contributed by atoms with E-state index < -0.39 is 0 Å². The number of ether oxygens (including phenoxy) is 1. The van der Waals surface area contributed by atoms with Gasteiger partial charge in [-0.1, -0.05) is 18.2 Å². The van der Waals surface area contributed by atoms with Gasteiger partial charge in [0.1, 0.15) is 0 Å². The second-order valence-electron chi connectivity index (χ2n) is 7.43. The van der Waals surface area contributed by atoms with Crippen molar-refractivity contribution in [1.29, 1.82) is 0 Å². The number of aliphatic hydroxyl groups is 1. The summed E-state index contributed by atoms with van der Waals surface area (Å²) in [4.78, 5) is 11.2. The molecule has 2 heterocycles. The van der Waals surface area contributed by atoms with Gasteiger partial charge in [-0.25, -0.2) is 9.97 Å². The number of hydrogen-bond acceptors (Lipinski definition) is 5. The molecule has 1 unspecified atom stereocenters. The van der Waals surface area contributed by atoms with Crippen molar-refractivity contribution in [2.45, 2.75) is 44.6 Å². The molecule has 1 saturated heterocycles. The lowest BCUT2D eigenvalue weighted by Crippen LogP contribution is -2.44. The summed E-state index contributed by atoms with van der Waals surface area (Å²) in [7, 11) is 0. The maximum atomic E-state index is 9.27. The van der Waals surface area contributed by atoms with Gasteiger partial charge in [0.2, 0.25) is 5.95 Å². The van der Waals surface area contributed by atoms with Crippen molar-refractivity contribution >= 4 is 5.95 Å². The van der Waals surface area contributed by atoms with Crippen LogP contribution in [-0.4, -0.2) is 47.5 Å². The van der Waals surface area contributed by atoms with Crippen LogP contribution in [0.15, 0.2) is 30.6 Å². The largest absolute Gasteiger partial charge is 0.394 e. The third-order valence-corrected chi connectivity index (χ3v) is 5.44. The molecule has 1 atom stereocenters. The highest BCUT2D eigenvalue weighted by Gasteiger charge is 2.26. The van der Waals surface area contributed by atoms with Gasteiger partial charge in [-0.3, -0.25) is 0 Å². The molecule has 138 valence electrons. The van der Waals surface area contributed by atoms with Crippen LogP contribution in [0, 0.1) is 6.92 Å². The number of aryl methyl sites for hydroxylation is 2. The van der Waals surface area contributed by atoms with Crippen molar-refractivity contribution < 1.29 is 9.84 Å². The summed E-state index contributed by atoms with van der Waals surface area (Å²) in [6.07, 6.45) is 8.43. The van der Waals surface area contributed by atoms with Crippen LogP contribution >= 0.6 is 0 Å². The van der Waals surface area contributed by atoms with Crippen molar-refractivity contribution in [3.63, 3.8) is 0 Å². The second-order valence-corrected chi connectivity index (χ2v) is 7.43. The molecule has 5 nitrogen and oxygen atoms in total. The summed E-state index contributed by atoms with van der Waals surface area (Å²) < 4.78 is 5.49. The predicted octanol–water partition coefficient (Wildman–Crippen LogP) is 2.65. The molecular formula is C21H27N3O2. The number of hydrogen-bond donors (Lipinski definition) is 1. The molecule has 1 saturated carbocycles. The third-order valence-electron chi connectivity index (χ3n) is 5.44. The average Bonchev–Trinajstić information content (AvgIpc) is 3.52. The van der Waals surface area contributed by atoms with Crippen LogP contribution in [0.1, 0.15) is 41.0 Å². The van der Waals surface area contributed by atoms with Crippen LogP contribution in [0.4, 0.5) is 5.95 Å². The first kappa shape index (κ1) is 17.4. The number of rotatable bonds is 6. The number of aromatic nitrogens is 2. The fourth-order valence-electron chi connectivity index (χ4n) is 3.76. The van der Waals surface area contributed by atoms with Gasteiger partial charge in [0.15, 0.2) is 0 Å². The molecule has 0 bridgehead atoms. The summed E-state index contributed by atoms with van der Waals surface area (Å²) >= 11 is 0. The third kappa shape index (κ3) is 3.89. The molecule has 4 rings (SSSR count). The van der Waals surface area contributed by atoms with Crippen molar-refractivity contribution in [2.24, 2.45) is 0 Å². The molecule has 1 aliphatic carbocycles. The lowest BCUT2D eigenvalue weighted by molar-refractivity contribution is 0.00314. The molecule has 2 aromatic rings. The maximum Gasteiger partial charge on any atom is 0.225 e. The lowest BCUT2D eigenvalue weighted by Gasteiger charge is -2.31. The Kier molecular flexibility index (Phi) is 5.18. The minimum absolute atomic E-state index is 0.0360. The smallest absolute Gasteiger partial charge is 0.225 e. The van der Waals surface area contributed by atoms with Crippen molar-refractivity contribution in [1.82, 2.24) is 9.97 Å². The first-order valence-corrected chi connectivity index (χ1v) is 9.61. The molecule has 2 aliphatic rings. The Morgan fingerprint density at radius 2 is 2.00 bits per heavy atom. The van der Waals surface area contributed by atoms with Crippen LogP contribution in [0.3, 0.4) is 0 Å². The highest BCUT2D eigenvalue weighted by atomic mass is 16.5. The first-order valence-electron chi connectivity index (χ1n) is 9.61. The molecule has 0 amide bonds. The fourth-order valence-corrected chi connectivity index (χ4v) is 3.76. The number of benzene rings is 1. The zero-order valence-electron chi connectivity index (χ0n) is 15.4. The summed E-state index contributed by atoms with van der Waals surface area (Å²) in [6.45, 7) is 4.27. The molecule has 1 N–H and O–H groups in total. The first-order chi connectivity index (χ1) is 12.7. The molecule has 1 aromatic heterocycles. The van der Waals surface area contributed by atoms with E-state index >= 15 is 0 Å². The number of nitrogens with zero attached hydrogens (tertiary/aromatic N) is 3. The molecule has 26 heavy (non-hydrogen) atoms. The van der Waals surface area contributed by atoms with Crippen molar-refractivity contribution in [2.75, 3.05) is 31.2 Å². The van der Waals surface area contributed by atoms with E-state index in [4.69, 9.17) is 4.74 Å². The van der Waals surface area contributed by atoms with Gasteiger partial charge in [-0.2, -0.15) is 0 Å². The van der Waals surface area contributed by atoms with E-state index in [1.54, 1.807) is 5.56 Å². The minimum atomic E-state index is -0.145. The summed E-state index contributed by atoms with van der Waals surface area (Å²) in [5.74, 6) is 1.51. The fraction of sp³-hybridized carbons (Fsp3) is 0.524. The van der Waals surface area contributed by atoms with Crippen LogP contribution in [0.2, 0.25) is 0 Å². The quantitative estimate of drug-likeness (QED) is 0.865. The topological polar surface area (TPSA) is 58.5 Å². The molecule has 5 heteroatoms. The number of morpholine rings is 1.